The number of aromatic nitrogens is 2. The first-order chi connectivity index (χ1) is 16.8. The molecule has 1 N–H and O–H groups in total. The van der Waals surface area contributed by atoms with Crippen molar-refractivity contribution in [3.05, 3.63) is 65.9 Å². The standard InChI is InChI=1S/C26H30N4O5/c1-18-5-7-19(8-6-18)22-17-23(27-30(22)20-9-11-21(34-3)12-10-20)26(24(31)35-4)13-15-29(16-14-26)25(32)28(2)33/h5-12,17,33H,13-16H2,1-4H3. The molecule has 0 aliphatic carbocycles. The van der Waals surface area contributed by atoms with Gasteiger partial charge in [-0.05, 0) is 50.1 Å². The van der Waals surface area contributed by atoms with Gasteiger partial charge >= 0.3 is 12.0 Å². The number of hydrogen-bond donors (Lipinski definition) is 1. The molecule has 0 bridgehead atoms. The summed E-state index contributed by atoms with van der Waals surface area (Å²) in [6, 6.07) is 17.1. The molecule has 2 amide bonds. The van der Waals surface area contributed by atoms with Gasteiger partial charge < -0.3 is 14.4 Å². The Labute approximate surface area is 204 Å². The van der Waals surface area contributed by atoms with Crippen LogP contribution in [0.1, 0.15) is 24.1 Å². The predicted molar refractivity (Wildman–Crippen MR) is 130 cm³/mol. The summed E-state index contributed by atoms with van der Waals surface area (Å²) in [5.74, 6) is 0.340. The first kappa shape index (κ1) is 24.3. The van der Waals surface area contributed by atoms with Crippen LogP contribution in [0.25, 0.3) is 16.9 Å². The van der Waals surface area contributed by atoms with Crippen molar-refractivity contribution in [2.24, 2.45) is 0 Å². The molecule has 3 aromatic rings. The summed E-state index contributed by atoms with van der Waals surface area (Å²) >= 11 is 0. The van der Waals surface area contributed by atoms with E-state index in [1.54, 1.807) is 7.11 Å². The first-order valence-corrected chi connectivity index (χ1v) is 11.4. The summed E-state index contributed by atoms with van der Waals surface area (Å²) in [6.07, 6.45) is 0.651. The fraction of sp³-hybridized carbons (Fsp3) is 0.346. The third-order valence-electron chi connectivity index (χ3n) is 6.60. The molecule has 1 aromatic heterocycles. The smallest absolute Gasteiger partial charge is 0.343 e. The highest BCUT2D eigenvalue weighted by Crippen LogP contribution is 2.39. The van der Waals surface area contributed by atoms with Crippen LogP contribution in [0.15, 0.2) is 54.6 Å². The SMILES string of the molecule is COC(=O)C1(c2cc(-c3ccc(C)cc3)n(-c3ccc(OC)cc3)n2)CCN(C(=O)N(C)O)CC1. The number of ether oxygens (including phenoxy) is 2. The third kappa shape index (κ3) is 4.59. The number of benzene rings is 2. The monoisotopic (exact) mass is 478 g/mol. The molecule has 184 valence electrons. The Morgan fingerprint density at radius 3 is 2.20 bits per heavy atom. The number of likely N-dealkylation sites (tertiary alicyclic amines) is 1. The molecule has 1 saturated heterocycles. The Morgan fingerprint density at radius 1 is 1.03 bits per heavy atom. The van der Waals surface area contributed by atoms with Crippen LogP contribution in [0.2, 0.25) is 0 Å². The average Bonchev–Trinajstić information content (AvgIpc) is 3.34. The summed E-state index contributed by atoms with van der Waals surface area (Å²) in [6.45, 7) is 2.60. The van der Waals surface area contributed by atoms with Crippen LogP contribution in [-0.4, -0.2) is 71.3 Å². The molecule has 0 radical (unpaired) electrons. The molecule has 0 saturated carbocycles. The van der Waals surface area contributed by atoms with E-state index in [1.807, 2.05) is 66.2 Å². The van der Waals surface area contributed by atoms with E-state index < -0.39 is 17.4 Å². The van der Waals surface area contributed by atoms with E-state index in [0.717, 1.165) is 28.3 Å². The normalized spacial score (nSPS) is 14.9. The number of aryl methyl sites for hydroxylation is 1. The van der Waals surface area contributed by atoms with Crippen LogP contribution in [0, 0.1) is 6.92 Å². The molecule has 1 fully saturated rings. The molecular weight excluding hydrogens is 448 g/mol. The van der Waals surface area contributed by atoms with Gasteiger partial charge in [-0.25, -0.2) is 14.5 Å². The van der Waals surface area contributed by atoms with Crippen molar-refractivity contribution in [1.82, 2.24) is 19.7 Å². The lowest BCUT2D eigenvalue weighted by molar-refractivity contribution is -0.149. The number of rotatable bonds is 5. The van der Waals surface area contributed by atoms with E-state index in [2.05, 4.69) is 0 Å². The van der Waals surface area contributed by atoms with Gasteiger partial charge in [0, 0.05) is 25.7 Å². The lowest BCUT2D eigenvalue weighted by atomic mass is 9.75. The number of hydrogen-bond acceptors (Lipinski definition) is 6. The Balaban J connectivity index is 1.80. The largest absolute Gasteiger partial charge is 0.497 e. The van der Waals surface area contributed by atoms with Crippen molar-refractivity contribution in [3.63, 3.8) is 0 Å². The summed E-state index contributed by atoms with van der Waals surface area (Å²) in [4.78, 5) is 26.9. The number of piperidine rings is 1. The lowest BCUT2D eigenvalue weighted by Crippen LogP contribution is -2.51. The van der Waals surface area contributed by atoms with Gasteiger partial charge in [-0.1, -0.05) is 29.8 Å². The maximum Gasteiger partial charge on any atom is 0.343 e. The maximum atomic E-state index is 13.2. The number of hydroxylamine groups is 2. The van der Waals surface area contributed by atoms with Gasteiger partial charge in [-0.2, -0.15) is 5.10 Å². The van der Waals surface area contributed by atoms with Crippen LogP contribution in [-0.2, 0) is 14.9 Å². The van der Waals surface area contributed by atoms with Crippen LogP contribution in [0.5, 0.6) is 5.75 Å². The van der Waals surface area contributed by atoms with Crippen molar-refractivity contribution in [1.29, 1.82) is 0 Å². The molecule has 2 aromatic carbocycles. The molecule has 1 aliphatic rings. The van der Waals surface area contributed by atoms with Gasteiger partial charge in [-0.15, -0.1) is 0 Å². The Bertz CT molecular complexity index is 1190. The van der Waals surface area contributed by atoms with Crippen molar-refractivity contribution < 1.29 is 24.3 Å². The second-order valence-electron chi connectivity index (χ2n) is 8.76. The van der Waals surface area contributed by atoms with Crippen LogP contribution < -0.4 is 4.74 Å². The molecule has 0 atom stereocenters. The molecule has 2 heterocycles. The highest BCUT2D eigenvalue weighted by Gasteiger charge is 2.47. The quantitative estimate of drug-likeness (QED) is 0.340. The van der Waals surface area contributed by atoms with Crippen molar-refractivity contribution in [2.45, 2.75) is 25.2 Å². The number of esters is 1. The predicted octanol–water partition coefficient (Wildman–Crippen LogP) is 3.80. The second kappa shape index (κ2) is 9.79. The average molecular weight is 479 g/mol. The van der Waals surface area contributed by atoms with E-state index >= 15 is 0 Å². The number of methoxy groups -OCH3 is 2. The topological polar surface area (TPSA) is 97.1 Å². The number of nitrogens with zero attached hydrogens (tertiary/aromatic N) is 4. The minimum absolute atomic E-state index is 0.286. The van der Waals surface area contributed by atoms with E-state index in [9.17, 15) is 14.8 Å². The van der Waals surface area contributed by atoms with Gasteiger partial charge in [0.1, 0.15) is 11.2 Å². The number of carbonyl (C=O) groups is 2. The number of amides is 2. The van der Waals surface area contributed by atoms with E-state index in [4.69, 9.17) is 14.6 Å². The highest BCUT2D eigenvalue weighted by molar-refractivity contribution is 5.84. The van der Waals surface area contributed by atoms with Crippen LogP contribution in [0.3, 0.4) is 0 Å². The zero-order valence-electron chi connectivity index (χ0n) is 20.4. The minimum Gasteiger partial charge on any atom is -0.497 e. The number of carbonyl (C=O) groups excluding carboxylic acids is 2. The van der Waals surface area contributed by atoms with Crippen molar-refractivity contribution in [3.8, 4) is 22.7 Å². The van der Waals surface area contributed by atoms with Gasteiger partial charge in [0.15, 0.2) is 0 Å². The van der Waals surface area contributed by atoms with E-state index in [0.29, 0.717) is 23.6 Å². The zero-order chi connectivity index (χ0) is 25.2. The van der Waals surface area contributed by atoms with Gasteiger partial charge in [0.2, 0.25) is 0 Å². The molecule has 9 heteroatoms. The molecule has 4 rings (SSSR count). The van der Waals surface area contributed by atoms with Gasteiger partial charge in [-0.3, -0.25) is 10.0 Å². The Kier molecular flexibility index (Phi) is 6.79. The molecular formula is C26H30N4O5. The molecule has 9 nitrogen and oxygen atoms in total. The fourth-order valence-electron chi connectivity index (χ4n) is 4.51. The second-order valence-corrected chi connectivity index (χ2v) is 8.76. The van der Waals surface area contributed by atoms with Gasteiger partial charge in [0.25, 0.3) is 0 Å². The van der Waals surface area contributed by atoms with Crippen molar-refractivity contribution >= 4 is 12.0 Å². The number of urea groups is 1. The summed E-state index contributed by atoms with van der Waals surface area (Å²) in [5, 5.41) is 15.0. The molecule has 35 heavy (non-hydrogen) atoms. The minimum atomic E-state index is -1.02. The Morgan fingerprint density at radius 2 is 1.66 bits per heavy atom. The highest BCUT2D eigenvalue weighted by atomic mass is 16.5. The van der Waals surface area contributed by atoms with Crippen molar-refractivity contribution in [2.75, 3.05) is 34.4 Å². The molecule has 0 spiro atoms. The lowest BCUT2D eigenvalue weighted by Gasteiger charge is -2.39. The molecule has 1 aliphatic heterocycles. The summed E-state index contributed by atoms with van der Waals surface area (Å²) in [5.41, 5.74) is 3.32. The summed E-state index contributed by atoms with van der Waals surface area (Å²) < 4.78 is 12.3. The van der Waals surface area contributed by atoms with E-state index in [-0.39, 0.29) is 13.1 Å². The van der Waals surface area contributed by atoms with Crippen LogP contribution >= 0.6 is 0 Å². The van der Waals surface area contributed by atoms with E-state index in [1.165, 1.54) is 19.1 Å². The zero-order valence-corrected chi connectivity index (χ0v) is 20.4. The fourth-order valence-corrected chi connectivity index (χ4v) is 4.51. The first-order valence-electron chi connectivity index (χ1n) is 11.4. The summed E-state index contributed by atoms with van der Waals surface area (Å²) in [7, 11) is 4.27. The molecule has 0 unspecified atom stereocenters. The Hall–Kier alpha value is -3.85. The van der Waals surface area contributed by atoms with Crippen LogP contribution in [0.4, 0.5) is 4.79 Å². The third-order valence-corrected chi connectivity index (χ3v) is 6.60. The van der Waals surface area contributed by atoms with Gasteiger partial charge in [0.05, 0.1) is 31.3 Å². The maximum absolute atomic E-state index is 13.2.